The Bertz CT molecular complexity index is 648. The largest absolute Gasteiger partial charge is 0.463 e. The first-order valence-electron chi connectivity index (χ1n) is 7.09. The number of nitro benzene ring substituents is 1. The van der Waals surface area contributed by atoms with Gasteiger partial charge in [-0.15, -0.1) is 0 Å². The maximum absolute atomic E-state index is 11.8. The van der Waals surface area contributed by atoms with E-state index in [0.717, 1.165) is 0 Å². The first-order chi connectivity index (χ1) is 10.9. The lowest BCUT2D eigenvalue weighted by Crippen LogP contribution is -2.07. The number of nitro groups is 1. The minimum absolute atomic E-state index is 0.0906. The number of aryl methyl sites for hydroxylation is 1. The van der Waals surface area contributed by atoms with Crippen LogP contribution in [0.4, 0.5) is 5.69 Å². The van der Waals surface area contributed by atoms with Crippen LogP contribution in [-0.2, 0) is 9.53 Å². The van der Waals surface area contributed by atoms with E-state index in [2.05, 4.69) is 15.9 Å². The van der Waals surface area contributed by atoms with Gasteiger partial charge in [-0.1, -0.05) is 29.8 Å². The van der Waals surface area contributed by atoms with E-state index in [4.69, 9.17) is 10.00 Å². The fraction of sp³-hybridized carbons (Fsp3) is 0.375. The number of carbonyl (C=O) groups is 1. The summed E-state index contributed by atoms with van der Waals surface area (Å²) in [4.78, 5) is 22.4. The molecule has 0 unspecified atom stereocenters. The molecule has 124 valence electrons. The molecule has 6 nitrogen and oxygen atoms in total. The molecule has 0 fully saturated rings. The predicted octanol–water partition coefficient (Wildman–Crippen LogP) is 4.55. The van der Waals surface area contributed by atoms with Gasteiger partial charge in [-0.05, 0) is 31.6 Å². The lowest BCUT2D eigenvalue weighted by atomic mass is 10.0. The smallest absolute Gasteiger partial charge is 0.335 e. The van der Waals surface area contributed by atoms with Crippen molar-refractivity contribution in [2.75, 3.05) is 6.61 Å². The van der Waals surface area contributed by atoms with E-state index < -0.39 is 10.9 Å². The first kappa shape index (κ1) is 20.8. The molecule has 0 aliphatic heterocycles. The number of benzene rings is 1. The zero-order chi connectivity index (χ0) is 18.0. The van der Waals surface area contributed by atoms with Gasteiger partial charge >= 0.3 is 5.97 Å². The van der Waals surface area contributed by atoms with Crippen molar-refractivity contribution < 1.29 is 14.5 Å². The van der Waals surface area contributed by atoms with Gasteiger partial charge in [-0.2, -0.15) is 5.26 Å². The maximum atomic E-state index is 11.8. The number of rotatable bonds is 5. The van der Waals surface area contributed by atoms with E-state index in [1.807, 2.05) is 19.9 Å². The Morgan fingerprint density at radius 1 is 1.48 bits per heavy atom. The lowest BCUT2D eigenvalue weighted by molar-refractivity contribution is -0.385. The van der Waals surface area contributed by atoms with Crippen LogP contribution in [0.15, 0.2) is 22.2 Å². The van der Waals surface area contributed by atoms with Crippen molar-refractivity contribution >= 4 is 33.7 Å². The highest BCUT2D eigenvalue weighted by atomic mass is 79.9. The number of nitriles is 1. The summed E-state index contributed by atoms with van der Waals surface area (Å²) in [5.41, 5.74) is 0.867. The third kappa shape index (κ3) is 6.20. The number of carbonyl (C=O) groups excluding carboxylic acids is 1. The number of nitrogens with zero attached hydrogens (tertiary/aromatic N) is 2. The highest BCUT2D eigenvalue weighted by molar-refractivity contribution is 9.10. The van der Waals surface area contributed by atoms with Gasteiger partial charge in [0.05, 0.1) is 35.2 Å². The van der Waals surface area contributed by atoms with E-state index >= 15 is 0 Å². The number of esters is 1. The van der Waals surface area contributed by atoms with E-state index in [9.17, 15) is 14.9 Å². The van der Waals surface area contributed by atoms with Gasteiger partial charge < -0.3 is 4.74 Å². The van der Waals surface area contributed by atoms with Crippen molar-refractivity contribution in [3.8, 4) is 6.07 Å². The number of hydrogen-bond acceptors (Lipinski definition) is 5. The minimum atomic E-state index is -0.643. The van der Waals surface area contributed by atoms with Gasteiger partial charge in [-0.25, -0.2) is 4.79 Å². The number of ether oxygens (including phenoxy) is 1. The average molecular weight is 383 g/mol. The maximum Gasteiger partial charge on any atom is 0.335 e. The average Bonchev–Trinajstić information content (AvgIpc) is 2.50. The molecule has 0 aromatic heterocycles. The third-order valence-electron chi connectivity index (χ3n) is 2.65. The topological polar surface area (TPSA) is 93.2 Å². The van der Waals surface area contributed by atoms with Crippen LogP contribution in [0.25, 0.3) is 6.08 Å². The third-order valence-corrected chi connectivity index (χ3v) is 3.11. The summed E-state index contributed by atoms with van der Waals surface area (Å²) in [6.45, 7) is 7.51. The SMILES string of the molecule is CC.CCOC(=O)/C(=C/c1c(C)cc(Br)cc1[N+](=O)[O-])CC#N. The minimum Gasteiger partial charge on any atom is -0.463 e. The predicted molar refractivity (Wildman–Crippen MR) is 91.7 cm³/mol. The van der Waals surface area contributed by atoms with E-state index in [1.54, 1.807) is 19.9 Å². The first-order valence-corrected chi connectivity index (χ1v) is 7.89. The van der Waals surface area contributed by atoms with Gasteiger partial charge in [0.15, 0.2) is 0 Å². The Hall–Kier alpha value is -2.20. The summed E-state index contributed by atoms with van der Waals surface area (Å²) in [5, 5.41) is 19.9. The zero-order valence-electron chi connectivity index (χ0n) is 13.6. The Morgan fingerprint density at radius 3 is 2.57 bits per heavy atom. The van der Waals surface area contributed by atoms with Gasteiger partial charge in [0, 0.05) is 10.5 Å². The Morgan fingerprint density at radius 2 is 2.09 bits per heavy atom. The second-order valence-corrected chi connectivity index (χ2v) is 5.05. The number of halogens is 1. The van der Waals surface area contributed by atoms with Crippen LogP contribution in [0, 0.1) is 28.4 Å². The van der Waals surface area contributed by atoms with Gasteiger partial charge in [0.25, 0.3) is 5.69 Å². The van der Waals surface area contributed by atoms with Crippen molar-refractivity contribution in [3.05, 3.63) is 43.4 Å². The van der Waals surface area contributed by atoms with Crippen LogP contribution >= 0.6 is 15.9 Å². The molecule has 0 bridgehead atoms. The van der Waals surface area contributed by atoms with E-state index in [0.29, 0.717) is 15.6 Å². The molecule has 0 amide bonds. The highest BCUT2D eigenvalue weighted by Crippen LogP contribution is 2.29. The standard InChI is InChI=1S/C14H13BrN2O4.C2H6/c1-3-21-14(18)10(4-5-16)7-12-9(2)6-11(15)8-13(12)17(19)20;1-2/h6-8H,3-4H2,1-2H3;1-2H3/b10-7+;. The molecule has 23 heavy (non-hydrogen) atoms. The quantitative estimate of drug-likeness (QED) is 0.322. The van der Waals surface area contributed by atoms with Crippen LogP contribution in [-0.4, -0.2) is 17.5 Å². The second-order valence-electron chi connectivity index (χ2n) is 4.14. The summed E-state index contributed by atoms with van der Waals surface area (Å²) in [6.07, 6.45) is 1.17. The number of hydrogen-bond donors (Lipinski definition) is 0. The van der Waals surface area contributed by atoms with E-state index in [1.165, 1.54) is 12.1 Å². The molecule has 1 aromatic carbocycles. The fourth-order valence-electron chi connectivity index (χ4n) is 1.74. The molecule has 0 radical (unpaired) electrons. The molecule has 1 rings (SSSR count). The van der Waals surface area contributed by atoms with Crippen LogP contribution in [0.1, 0.15) is 38.3 Å². The second kappa shape index (κ2) is 10.5. The summed E-state index contributed by atoms with van der Waals surface area (Å²) < 4.78 is 5.43. The van der Waals surface area contributed by atoms with Crippen LogP contribution in [0.3, 0.4) is 0 Å². The van der Waals surface area contributed by atoms with Crippen molar-refractivity contribution in [2.45, 2.75) is 34.1 Å². The Balaban J connectivity index is 0.00000232. The molecule has 0 saturated carbocycles. The molecule has 0 N–H and O–H groups in total. The summed E-state index contributed by atoms with van der Waals surface area (Å²) in [5.74, 6) is -0.643. The van der Waals surface area contributed by atoms with Gasteiger partial charge in [0.2, 0.25) is 0 Å². The molecule has 0 saturated heterocycles. The van der Waals surface area contributed by atoms with Crippen molar-refractivity contribution in [2.24, 2.45) is 0 Å². The molecule has 0 heterocycles. The molecular weight excluding hydrogens is 364 g/mol. The van der Waals surface area contributed by atoms with E-state index in [-0.39, 0.29) is 24.3 Å². The molecule has 1 aromatic rings. The normalized spacial score (nSPS) is 10.2. The van der Waals surface area contributed by atoms with Crippen LogP contribution in [0.2, 0.25) is 0 Å². The van der Waals surface area contributed by atoms with Crippen LogP contribution in [0.5, 0.6) is 0 Å². The Kier molecular flexibility index (Phi) is 9.51. The van der Waals surface area contributed by atoms with Crippen LogP contribution < -0.4 is 0 Å². The molecule has 0 atom stereocenters. The Labute approximate surface area is 144 Å². The monoisotopic (exact) mass is 382 g/mol. The molecule has 0 aliphatic rings. The fourth-order valence-corrected chi connectivity index (χ4v) is 2.30. The molecular formula is C16H19BrN2O4. The van der Waals surface area contributed by atoms with Gasteiger partial charge in [-0.3, -0.25) is 10.1 Å². The zero-order valence-corrected chi connectivity index (χ0v) is 15.1. The summed E-state index contributed by atoms with van der Waals surface area (Å²) >= 11 is 3.20. The van der Waals surface area contributed by atoms with Crippen molar-refractivity contribution in [1.82, 2.24) is 0 Å². The summed E-state index contributed by atoms with van der Waals surface area (Å²) in [6, 6.07) is 4.92. The lowest BCUT2D eigenvalue weighted by Gasteiger charge is -2.07. The molecule has 7 heteroatoms. The molecule has 0 spiro atoms. The molecule has 0 aliphatic carbocycles. The van der Waals surface area contributed by atoms with Crippen molar-refractivity contribution in [3.63, 3.8) is 0 Å². The van der Waals surface area contributed by atoms with Crippen molar-refractivity contribution in [1.29, 1.82) is 5.26 Å². The van der Waals surface area contributed by atoms with Gasteiger partial charge in [0.1, 0.15) is 0 Å². The highest BCUT2D eigenvalue weighted by Gasteiger charge is 2.19. The summed E-state index contributed by atoms with van der Waals surface area (Å²) in [7, 11) is 0.